The van der Waals surface area contributed by atoms with E-state index in [1.165, 1.54) is 19.1 Å². The molecule has 2 heterocycles. The second kappa shape index (κ2) is 10.0. The van der Waals surface area contributed by atoms with Crippen molar-refractivity contribution in [3.63, 3.8) is 0 Å². The number of nitrogens with one attached hydrogen (secondary N) is 1. The number of carbonyl (C=O) groups is 3. The minimum Gasteiger partial charge on any atom is -0.481 e. The van der Waals surface area contributed by atoms with Gasteiger partial charge in [-0.15, -0.1) is 0 Å². The van der Waals surface area contributed by atoms with Crippen molar-refractivity contribution in [3.8, 4) is 0 Å². The molecule has 2 N–H and O–H groups in total. The zero-order valence-corrected chi connectivity index (χ0v) is 13.7. The number of carbonyl (C=O) groups excluding carboxylic acids is 2. The van der Waals surface area contributed by atoms with E-state index in [2.05, 4.69) is 14.8 Å². The maximum absolute atomic E-state index is 11.0. The molecule has 8 heteroatoms. The molecular weight excluding hydrogens is 304 g/mol. The fourth-order valence-corrected chi connectivity index (χ4v) is 2.69. The molecule has 132 valence electrons. The SMILES string of the molecule is COC(=O)N1CCC[C@@H](C(=O)O)C1.COC(=O)[C@@H]1CCCNC1. The zero-order chi connectivity index (χ0) is 17.2. The number of hydrogen-bond donors (Lipinski definition) is 2. The molecule has 2 aliphatic rings. The topological polar surface area (TPSA) is 105 Å². The Balaban J connectivity index is 0.000000238. The number of likely N-dealkylation sites (tertiary alicyclic amines) is 1. The lowest BCUT2D eigenvalue weighted by Crippen LogP contribution is -2.42. The molecule has 0 aromatic heterocycles. The Kier molecular flexibility index (Phi) is 8.39. The van der Waals surface area contributed by atoms with Crippen LogP contribution in [0.4, 0.5) is 4.79 Å². The molecular formula is C15H26N2O6. The number of rotatable bonds is 2. The Labute approximate surface area is 136 Å². The van der Waals surface area contributed by atoms with Gasteiger partial charge in [0, 0.05) is 19.6 Å². The van der Waals surface area contributed by atoms with Crippen molar-refractivity contribution < 1.29 is 29.0 Å². The minimum atomic E-state index is -0.839. The lowest BCUT2D eigenvalue weighted by molar-refractivity contribution is -0.146. The number of carboxylic acid groups (broad SMARTS) is 1. The van der Waals surface area contributed by atoms with Crippen LogP contribution < -0.4 is 5.32 Å². The van der Waals surface area contributed by atoms with Gasteiger partial charge in [0.05, 0.1) is 26.1 Å². The van der Waals surface area contributed by atoms with Gasteiger partial charge in [-0.1, -0.05) is 0 Å². The van der Waals surface area contributed by atoms with Crippen molar-refractivity contribution in [2.75, 3.05) is 40.4 Å². The third-order valence-electron chi connectivity index (χ3n) is 4.03. The largest absolute Gasteiger partial charge is 0.481 e. The van der Waals surface area contributed by atoms with E-state index in [4.69, 9.17) is 5.11 Å². The molecule has 0 radical (unpaired) electrons. The highest BCUT2D eigenvalue weighted by Gasteiger charge is 2.28. The summed E-state index contributed by atoms with van der Waals surface area (Å²) in [4.78, 5) is 34.0. The first-order chi connectivity index (χ1) is 11.0. The quantitative estimate of drug-likeness (QED) is 0.718. The van der Waals surface area contributed by atoms with Gasteiger partial charge in [-0.05, 0) is 32.2 Å². The maximum Gasteiger partial charge on any atom is 0.409 e. The Bertz CT molecular complexity index is 409. The van der Waals surface area contributed by atoms with Crippen LogP contribution in [0.3, 0.4) is 0 Å². The van der Waals surface area contributed by atoms with E-state index in [9.17, 15) is 14.4 Å². The van der Waals surface area contributed by atoms with Crippen LogP contribution in [0.25, 0.3) is 0 Å². The van der Waals surface area contributed by atoms with Crippen LogP contribution in [-0.2, 0) is 19.1 Å². The van der Waals surface area contributed by atoms with Crippen molar-refractivity contribution in [2.45, 2.75) is 25.7 Å². The molecule has 0 saturated carbocycles. The van der Waals surface area contributed by atoms with Crippen LogP contribution in [0, 0.1) is 11.8 Å². The van der Waals surface area contributed by atoms with Gasteiger partial charge in [0.1, 0.15) is 0 Å². The van der Waals surface area contributed by atoms with Gasteiger partial charge in [-0.25, -0.2) is 4.79 Å². The molecule has 0 aliphatic carbocycles. The van der Waals surface area contributed by atoms with Gasteiger partial charge in [0.2, 0.25) is 0 Å². The predicted octanol–water partition coefficient (Wildman–Crippen LogP) is 0.708. The minimum absolute atomic E-state index is 0.0767. The summed E-state index contributed by atoms with van der Waals surface area (Å²) < 4.78 is 9.12. The first kappa shape index (κ1) is 19.2. The summed E-state index contributed by atoms with van der Waals surface area (Å²) >= 11 is 0. The Hall–Kier alpha value is -1.83. The fraction of sp³-hybridized carbons (Fsp3) is 0.800. The van der Waals surface area contributed by atoms with Crippen LogP contribution in [0.5, 0.6) is 0 Å². The normalized spacial score (nSPS) is 24.0. The molecule has 0 bridgehead atoms. The molecule has 0 aromatic rings. The number of ether oxygens (including phenoxy) is 2. The number of methoxy groups -OCH3 is 2. The lowest BCUT2D eigenvalue weighted by atomic mass is 9.99. The number of aliphatic carboxylic acids is 1. The summed E-state index contributed by atoms with van der Waals surface area (Å²) in [7, 11) is 2.74. The molecule has 0 spiro atoms. The standard InChI is InChI=1S/C8H13NO4.C7H13NO2/c1-13-8(12)9-4-2-3-6(5-9)7(10)11;1-10-7(9)6-3-2-4-8-5-6/h6H,2-5H2,1H3,(H,10,11);6,8H,2-5H2,1H3/t2*6-/m11/s1. The smallest absolute Gasteiger partial charge is 0.409 e. The summed E-state index contributed by atoms with van der Waals surface area (Å²) in [6.07, 6.45) is 2.99. The molecule has 2 rings (SSSR count). The maximum atomic E-state index is 11.0. The van der Waals surface area contributed by atoms with Crippen LogP contribution >= 0.6 is 0 Å². The molecule has 8 nitrogen and oxygen atoms in total. The van der Waals surface area contributed by atoms with E-state index in [0.717, 1.165) is 32.4 Å². The zero-order valence-electron chi connectivity index (χ0n) is 13.7. The molecule has 0 aromatic carbocycles. The van der Waals surface area contributed by atoms with Gasteiger partial charge in [0.15, 0.2) is 0 Å². The highest BCUT2D eigenvalue weighted by atomic mass is 16.5. The second-order valence-electron chi connectivity index (χ2n) is 5.66. The van der Waals surface area contributed by atoms with E-state index in [1.54, 1.807) is 0 Å². The second-order valence-corrected chi connectivity index (χ2v) is 5.66. The average molecular weight is 330 g/mol. The average Bonchev–Trinajstić information content (AvgIpc) is 2.61. The highest BCUT2D eigenvalue weighted by molar-refractivity contribution is 5.73. The summed E-state index contributed by atoms with van der Waals surface area (Å²) in [5, 5.41) is 11.9. The molecule has 2 saturated heterocycles. The van der Waals surface area contributed by atoms with Gasteiger partial charge in [-0.2, -0.15) is 0 Å². The monoisotopic (exact) mass is 330 g/mol. The fourth-order valence-electron chi connectivity index (χ4n) is 2.69. The lowest BCUT2D eigenvalue weighted by Gasteiger charge is -2.29. The van der Waals surface area contributed by atoms with Gasteiger partial charge in [0.25, 0.3) is 0 Å². The van der Waals surface area contributed by atoms with Crippen LogP contribution in [0.2, 0.25) is 0 Å². The molecule has 2 fully saturated rings. The van der Waals surface area contributed by atoms with Gasteiger partial charge in [-0.3, -0.25) is 9.59 Å². The highest BCUT2D eigenvalue weighted by Crippen LogP contribution is 2.16. The first-order valence-electron chi connectivity index (χ1n) is 7.83. The third-order valence-corrected chi connectivity index (χ3v) is 4.03. The van der Waals surface area contributed by atoms with Crippen molar-refractivity contribution in [2.24, 2.45) is 11.8 Å². The van der Waals surface area contributed by atoms with Gasteiger partial charge < -0.3 is 24.8 Å². The number of hydrogen-bond acceptors (Lipinski definition) is 6. The summed E-state index contributed by atoms with van der Waals surface area (Å²) in [6.45, 7) is 2.68. The molecule has 1 amide bonds. The van der Waals surface area contributed by atoms with Crippen molar-refractivity contribution in [1.29, 1.82) is 0 Å². The van der Waals surface area contributed by atoms with Crippen molar-refractivity contribution >= 4 is 18.0 Å². The van der Waals surface area contributed by atoms with E-state index < -0.39 is 18.0 Å². The number of amides is 1. The molecule has 0 unspecified atom stereocenters. The number of esters is 1. The van der Waals surface area contributed by atoms with E-state index >= 15 is 0 Å². The van der Waals surface area contributed by atoms with E-state index in [0.29, 0.717) is 13.0 Å². The van der Waals surface area contributed by atoms with Crippen LogP contribution in [-0.4, -0.2) is 68.4 Å². The summed E-state index contributed by atoms with van der Waals surface area (Å²) in [5.41, 5.74) is 0. The van der Waals surface area contributed by atoms with E-state index in [-0.39, 0.29) is 18.4 Å². The number of nitrogens with zero attached hydrogens (tertiary/aromatic N) is 1. The number of carboxylic acids is 1. The van der Waals surface area contributed by atoms with Gasteiger partial charge >= 0.3 is 18.0 Å². The van der Waals surface area contributed by atoms with Crippen LogP contribution in [0.15, 0.2) is 0 Å². The summed E-state index contributed by atoms with van der Waals surface area (Å²) in [6, 6.07) is 0. The molecule has 2 aliphatic heterocycles. The predicted molar refractivity (Wildman–Crippen MR) is 81.9 cm³/mol. The molecule has 23 heavy (non-hydrogen) atoms. The Morgan fingerprint density at radius 3 is 2.30 bits per heavy atom. The summed E-state index contributed by atoms with van der Waals surface area (Å²) in [5.74, 6) is -1.26. The molecule has 2 atom stereocenters. The Morgan fingerprint density at radius 1 is 1.09 bits per heavy atom. The third kappa shape index (κ3) is 6.43. The number of piperidine rings is 2. The Morgan fingerprint density at radius 2 is 1.78 bits per heavy atom. The first-order valence-corrected chi connectivity index (χ1v) is 7.83. The van der Waals surface area contributed by atoms with Crippen molar-refractivity contribution in [3.05, 3.63) is 0 Å². The van der Waals surface area contributed by atoms with Crippen molar-refractivity contribution in [1.82, 2.24) is 10.2 Å². The van der Waals surface area contributed by atoms with Crippen LogP contribution in [0.1, 0.15) is 25.7 Å². The van der Waals surface area contributed by atoms with E-state index in [1.807, 2.05) is 0 Å².